The number of ether oxygens (including phenoxy) is 1. The fraction of sp³-hybridized carbons (Fsp3) is 0.562. The van der Waals surface area contributed by atoms with Crippen molar-refractivity contribution in [3.63, 3.8) is 0 Å². The maximum absolute atomic E-state index is 12.6. The predicted octanol–water partition coefficient (Wildman–Crippen LogP) is 4.46. The molecule has 2 aliphatic rings. The average molecular weight is 279 g/mol. The number of fused-ring (bicyclic) bond motifs is 2. The first-order chi connectivity index (χ1) is 8.96. The van der Waals surface area contributed by atoms with Crippen molar-refractivity contribution in [1.29, 1.82) is 0 Å². The molecule has 3 heteroatoms. The lowest BCUT2D eigenvalue weighted by molar-refractivity contribution is -0.150. The molecular formula is C16H19ClO2. The number of hydrogen-bond acceptors (Lipinski definition) is 2. The van der Waals surface area contributed by atoms with Crippen molar-refractivity contribution in [1.82, 2.24) is 0 Å². The summed E-state index contributed by atoms with van der Waals surface area (Å²) in [4.78, 5) is 12.6. The molecule has 0 amide bonds. The van der Waals surface area contributed by atoms with Crippen LogP contribution >= 0.6 is 11.6 Å². The summed E-state index contributed by atoms with van der Waals surface area (Å²) in [6.07, 6.45) is 4.25. The zero-order valence-corrected chi connectivity index (χ0v) is 12.2. The highest BCUT2D eigenvalue weighted by Crippen LogP contribution is 2.66. The van der Waals surface area contributed by atoms with E-state index >= 15 is 0 Å². The lowest BCUT2D eigenvalue weighted by atomic mass is 9.69. The molecular weight excluding hydrogens is 260 g/mol. The summed E-state index contributed by atoms with van der Waals surface area (Å²) in [6, 6.07) is 7.01. The Bertz CT molecular complexity index is 496. The van der Waals surface area contributed by atoms with Crippen LogP contribution in [0.2, 0.25) is 5.02 Å². The van der Waals surface area contributed by atoms with Crippen LogP contribution in [0, 0.1) is 16.7 Å². The molecule has 0 aliphatic heterocycles. The number of hydrogen-bond donors (Lipinski definition) is 0. The van der Waals surface area contributed by atoms with Gasteiger partial charge in [0.1, 0.15) is 5.75 Å². The monoisotopic (exact) mass is 278 g/mol. The van der Waals surface area contributed by atoms with E-state index < -0.39 is 0 Å². The first-order valence-corrected chi connectivity index (χ1v) is 7.31. The Kier molecular flexibility index (Phi) is 2.90. The highest BCUT2D eigenvalue weighted by atomic mass is 35.5. The summed E-state index contributed by atoms with van der Waals surface area (Å²) in [7, 11) is 0. The number of benzene rings is 1. The third-order valence-electron chi connectivity index (χ3n) is 5.51. The van der Waals surface area contributed by atoms with Crippen molar-refractivity contribution in [2.75, 3.05) is 0 Å². The molecule has 0 saturated heterocycles. The van der Waals surface area contributed by atoms with E-state index in [0.717, 1.165) is 25.7 Å². The van der Waals surface area contributed by atoms with Gasteiger partial charge in [0.05, 0.1) is 5.41 Å². The van der Waals surface area contributed by atoms with Crippen molar-refractivity contribution >= 4 is 17.6 Å². The Morgan fingerprint density at radius 3 is 2.26 bits per heavy atom. The Labute approximate surface area is 119 Å². The number of carbonyl (C=O) groups excluding carboxylic acids is 1. The summed E-state index contributed by atoms with van der Waals surface area (Å²) in [5.41, 5.74) is -0.214. The summed E-state index contributed by atoms with van der Waals surface area (Å²) in [5, 5.41) is 0.653. The summed E-state index contributed by atoms with van der Waals surface area (Å²) in [6.45, 7) is 4.45. The number of carbonyl (C=O) groups is 1. The smallest absolute Gasteiger partial charge is 0.318 e. The molecule has 0 radical (unpaired) electrons. The van der Waals surface area contributed by atoms with E-state index in [1.54, 1.807) is 24.3 Å². The van der Waals surface area contributed by atoms with Gasteiger partial charge in [-0.3, -0.25) is 4.79 Å². The SMILES string of the molecule is CC1(C)C2CCC1(C(=O)Oc1ccc(Cl)cc1)CC2. The van der Waals surface area contributed by atoms with Crippen molar-refractivity contribution in [2.24, 2.45) is 16.7 Å². The van der Waals surface area contributed by atoms with E-state index in [2.05, 4.69) is 13.8 Å². The molecule has 0 unspecified atom stereocenters. The Morgan fingerprint density at radius 2 is 1.79 bits per heavy atom. The van der Waals surface area contributed by atoms with Gasteiger partial charge in [0.25, 0.3) is 0 Å². The summed E-state index contributed by atoms with van der Waals surface area (Å²) < 4.78 is 5.61. The predicted molar refractivity (Wildman–Crippen MR) is 75.3 cm³/mol. The molecule has 2 saturated carbocycles. The van der Waals surface area contributed by atoms with E-state index in [1.165, 1.54) is 0 Å². The first kappa shape index (κ1) is 13.0. The van der Waals surface area contributed by atoms with Crippen molar-refractivity contribution in [2.45, 2.75) is 39.5 Å². The van der Waals surface area contributed by atoms with Gasteiger partial charge in [0, 0.05) is 5.02 Å². The molecule has 0 aromatic heterocycles. The van der Waals surface area contributed by atoms with E-state index in [-0.39, 0.29) is 16.8 Å². The van der Waals surface area contributed by atoms with Crippen LogP contribution in [-0.2, 0) is 4.79 Å². The lowest BCUT2D eigenvalue weighted by Crippen LogP contribution is -2.41. The lowest BCUT2D eigenvalue weighted by Gasteiger charge is -2.35. The van der Waals surface area contributed by atoms with Gasteiger partial charge in [0.15, 0.2) is 0 Å². The average Bonchev–Trinajstić information content (AvgIpc) is 2.80. The van der Waals surface area contributed by atoms with Gasteiger partial charge in [-0.05, 0) is 61.3 Å². The topological polar surface area (TPSA) is 26.3 Å². The maximum atomic E-state index is 12.6. The quantitative estimate of drug-likeness (QED) is 0.590. The van der Waals surface area contributed by atoms with Gasteiger partial charge < -0.3 is 4.74 Å². The second-order valence-corrected chi connectivity index (χ2v) is 6.86. The second-order valence-electron chi connectivity index (χ2n) is 6.42. The van der Waals surface area contributed by atoms with Gasteiger partial charge in [0.2, 0.25) is 0 Å². The molecule has 2 aliphatic carbocycles. The van der Waals surface area contributed by atoms with Crippen LogP contribution in [0.4, 0.5) is 0 Å². The van der Waals surface area contributed by atoms with Gasteiger partial charge >= 0.3 is 5.97 Å². The first-order valence-electron chi connectivity index (χ1n) is 6.94. The molecule has 2 bridgehead atoms. The third-order valence-corrected chi connectivity index (χ3v) is 5.76. The number of halogens is 1. The molecule has 0 N–H and O–H groups in total. The molecule has 2 nitrogen and oxygen atoms in total. The van der Waals surface area contributed by atoms with Gasteiger partial charge in [-0.25, -0.2) is 0 Å². The summed E-state index contributed by atoms with van der Waals surface area (Å²) in [5.74, 6) is 1.21. The Balaban J connectivity index is 1.83. The highest BCUT2D eigenvalue weighted by molar-refractivity contribution is 6.30. The fourth-order valence-corrected chi connectivity index (χ4v) is 4.17. The van der Waals surface area contributed by atoms with E-state index in [4.69, 9.17) is 16.3 Å². The maximum Gasteiger partial charge on any atom is 0.318 e. The fourth-order valence-electron chi connectivity index (χ4n) is 4.04. The van der Waals surface area contributed by atoms with Gasteiger partial charge in [-0.2, -0.15) is 0 Å². The van der Waals surface area contributed by atoms with E-state index in [9.17, 15) is 4.79 Å². The zero-order valence-electron chi connectivity index (χ0n) is 11.4. The van der Waals surface area contributed by atoms with Crippen LogP contribution in [0.3, 0.4) is 0 Å². The molecule has 102 valence electrons. The highest BCUT2D eigenvalue weighted by Gasteiger charge is 2.63. The minimum absolute atomic E-state index is 0.0557. The van der Waals surface area contributed by atoms with Gasteiger partial charge in [-0.15, -0.1) is 0 Å². The zero-order chi connectivity index (χ0) is 13.7. The van der Waals surface area contributed by atoms with Crippen molar-refractivity contribution in [3.8, 4) is 5.75 Å². The minimum Gasteiger partial charge on any atom is -0.426 e. The molecule has 0 atom stereocenters. The molecule has 3 rings (SSSR count). The van der Waals surface area contributed by atoms with Gasteiger partial charge in [-0.1, -0.05) is 25.4 Å². The van der Waals surface area contributed by atoms with Crippen LogP contribution < -0.4 is 4.74 Å². The Morgan fingerprint density at radius 1 is 1.21 bits per heavy atom. The van der Waals surface area contributed by atoms with Crippen LogP contribution in [0.15, 0.2) is 24.3 Å². The number of rotatable bonds is 2. The molecule has 0 spiro atoms. The normalized spacial score (nSPS) is 31.4. The van der Waals surface area contributed by atoms with Crippen LogP contribution in [-0.4, -0.2) is 5.97 Å². The van der Waals surface area contributed by atoms with Crippen molar-refractivity contribution in [3.05, 3.63) is 29.3 Å². The van der Waals surface area contributed by atoms with Crippen molar-refractivity contribution < 1.29 is 9.53 Å². The minimum atomic E-state index is -0.280. The Hall–Kier alpha value is -1.02. The molecule has 1 aromatic rings. The second kappa shape index (κ2) is 4.24. The molecule has 19 heavy (non-hydrogen) atoms. The molecule has 1 aromatic carbocycles. The third kappa shape index (κ3) is 1.80. The summed E-state index contributed by atoms with van der Waals surface area (Å²) >= 11 is 5.84. The number of esters is 1. The largest absolute Gasteiger partial charge is 0.426 e. The van der Waals surface area contributed by atoms with E-state index in [0.29, 0.717) is 16.7 Å². The van der Waals surface area contributed by atoms with Crippen LogP contribution in [0.25, 0.3) is 0 Å². The van der Waals surface area contributed by atoms with E-state index in [1.807, 2.05) is 0 Å². The van der Waals surface area contributed by atoms with Crippen LogP contribution in [0.1, 0.15) is 39.5 Å². The standard InChI is InChI=1S/C16H19ClO2/c1-15(2)11-7-9-16(15,10-8-11)14(18)19-13-5-3-12(17)4-6-13/h3-6,11H,7-10H2,1-2H3. The van der Waals surface area contributed by atoms with Crippen LogP contribution in [0.5, 0.6) is 5.75 Å². The molecule has 0 heterocycles. The molecule has 2 fully saturated rings.